The molecule has 0 radical (unpaired) electrons. The van der Waals surface area contributed by atoms with Crippen LogP contribution in [0, 0.1) is 13.8 Å². The second kappa shape index (κ2) is 6.42. The number of pyridine rings is 2. The van der Waals surface area contributed by atoms with Gasteiger partial charge in [0.1, 0.15) is 0 Å². The van der Waals surface area contributed by atoms with Crippen molar-refractivity contribution in [1.82, 2.24) is 9.97 Å². The van der Waals surface area contributed by atoms with Gasteiger partial charge in [0.15, 0.2) is 5.43 Å². The fourth-order valence-electron chi connectivity index (χ4n) is 2.66. The molecule has 2 aromatic heterocycles. The summed E-state index contributed by atoms with van der Waals surface area (Å²) in [6, 6.07) is 8.69. The van der Waals surface area contributed by atoms with Gasteiger partial charge in [-0.1, -0.05) is 23.7 Å². The highest BCUT2D eigenvalue weighted by molar-refractivity contribution is 9.10. The summed E-state index contributed by atoms with van der Waals surface area (Å²) in [5.41, 5.74) is 3.10. The number of rotatable bonds is 2. The van der Waals surface area contributed by atoms with E-state index < -0.39 is 0 Å². The number of nitrogens with one attached hydrogen (secondary N) is 2. The summed E-state index contributed by atoms with van der Waals surface area (Å²) in [4.78, 5) is 31.3. The van der Waals surface area contributed by atoms with E-state index in [1.807, 2.05) is 12.1 Å². The van der Waals surface area contributed by atoms with Crippen molar-refractivity contribution in [3.8, 4) is 22.4 Å². The molecule has 122 valence electrons. The van der Waals surface area contributed by atoms with Gasteiger partial charge < -0.3 is 9.97 Å². The van der Waals surface area contributed by atoms with Gasteiger partial charge >= 0.3 is 0 Å². The Morgan fingerprint density at radius 2 is 1.83 bits per heavy atom. The van der Waals surface area contributed by atoms with Gasteiger partial charge in [0, 0.05) is 34.4 Å². The minimum atomic E-state index is -0.229. The van der Waals surface area contributed by atoms with Gasteiger partial charge in [0.05, 0.1) is 15.6 Å². The number of halogens is 2. The summed E-state index contributed by atoms with van der Waals surface area (Å²) in [6.07, 6.45) is 1.57. The van der Waals surface area contributed by atoms with E-state index in [0.29, 0.717) is 32.0 Å². The molecule has 0 saturated carbocycles. The van der Waals surface area contributed by atoms with Crippen molar-refractivity contribution in [2.24, 2.45) is 0 Å². The van der Waals surface area contributed by atoms with E-state index >= 15 is 0 Å². The van der Waals surface area contributed by atoms with Gasteiger partial charge in [0.25, 0.3) is 0 Å². The molecule has 3 rings (SSSR count). The summed E-state index contributed by atoms with van der Waals surface area (Å²) in [5.74, 6) is 0. The topological polar surface area (TPSA) is 65.7 Å². The molecule has 0 aliphatic heterocycles. The Labute approximate surface area is 151 Å². The van der Waals surface area contributed by atoms with Gasteiger partial charge in [-0.05, 0) is 47.5 Å². The number of aromatic nitrogens is 2. The van der Waals surface area contributed by atoms with E-state index in [4.69, 9.17) is 11.6 Å². The van der Waals surface area contributed by atoms with Crippen LogP contribution in [-0.4, -0.2) is 9.97 Å². The molecular weight excluding hydrogens is 392 g/mol. The van der Waals surface area contributed by atoms with Crippen LogP contribution in [0.2, 0.25) is 5.02 Å². The molecular formula is C18H14BrClN2O2. The second-order valence-corrected chi connectivity index (χ2v) is 6.76. The van der Waals surface area contributed by atoms with Crippen LogP contribution >= 0.6 is 27.5 Å². The minimum absolute atomic E-state index is 0.204. The van der Waals surface area contributed by atoms with Crippen molar-refractivity contribution in [2.45, 2.75) is 13.8 Å². The molecule has 2 N–H and O–H groups in total. The van der Waals surface area contributed by atoms with Gasteiger partial charge in [-0.15, -0.1) is 0 Å². The van der Waals surface area contributed by atoms with Crippen LogP contribution in [0.5, 0.6) is 0 Å². The third-order valence-electron chi connectivity index (χ3n) is 3.82. The molecule has 0 unspecified atom stereocenters. The molecule has 1 aromatic carbocycles. The van der Waals surface area contributed by atoms with E-state index in [9.17, 15) is 9.59 Å². The van der Waals surface area contributed by atoms with Gasteiger partial charge in [-0.25, -0.2) is 0 Å². The predicted octanol–water partition coefficient (Wildman–Crippen LogP) is 4.43. The Kier molecular flexibility index (Phi) is 4.47. The molecule has 0 bridgehead atoms. The number of hydrogen-bond donors (Lipinski definition) is 2. The fraction of sp³-hybridized carbons (Fsp3) is 0.111. The van der Waals surface area contributed by atoms with Crippen molar-refractivity contribution in [2.75, 3.05) is 0 Å². The van der Waals surface area contributed by atoms with Gasteiger partial charge in [-0.2, -0.15) is 0 Å². The summed E-state index contributed by atoms with van der Waals surface area (Å²) in [7, 11) is 0. The smallest absolute Gasteiger partial charge is 0.204 e. The number of aromatic amines is 2. The van der Waals surface area contributed by atoms with Crippen LogP contribution in [-0.2, 0) is 0 Å². The lowest BCUT2D eigenvalue weighted by Gasteiger charge is -2.09. The highest BCUT2D eigenvalue weighted by Crippen LogP contribution is 2.23. The van der Waals surface area contributed by atoms with Crippen LogP contribution in [0.15, 0.2) is 50.6 Å². The highest BCUT2D eigenvalue weighted by atomic mass is 79.9. The monoisotopic (exact) mass is 404 g/mol. The lowest BCUT2D eigenvalue weighted by atomic mass is 10.0. The molecule has 0 aliphatic rings. The van der Waals surface area contributed by atoms with E-state index in [-0.39, 0.29) is 10.9 Å². The molecule has 0 aliphatic carbocycles. The average molecular weight is 406 g/mol. The van der Waals surface area contributed by atoms with Crippen LogP contribution in [0.25, 0.3) is 22.4 Å². The highest BCUT2D eigenvalue weighted by Gasteiger charge is 2.15. The molecule has 0 amide bonds. The third kappa shape index (κ3) is 2.97. The summed E-state index contributed by atoms with van der Waals surface area (Å²) in [6.45, 7) is 3.58. The summed E-state index contributed by atoms with van der Waals surface area (Å²) in [5, 5.41) is 0.590. The molecule has 0 saturated heterocycles. The molecule has 24 heavy (non-hydrogen) atoms. The number of H-pyrrole nitrogens is 2. The van der Waals surface area contributed by atoms with Crippen molar-refractivity contribution >= 4 is 27.5 Å². The average Bonchev–Trinajstić information content (AvgIpc) is 2.54. The predicted molar refractivity (Wildman–Crippen MR) is 101 cm³/mol. The molecule has 0 spiro atoms. The maximum absolute atomic E-state index is 12.6. The van der Waals surface area contributed by atoms with E-state index in [1.165, 1.54) is 6.07 Å². The van der Waals surface area contributed by atoms with Crippen LogP contribution in [0.4, 0.5) is 0 Å². The normalized spacial score (nSPS) is 10.8. The molecule has 0 fully saturated rings. The maximum atomic E-state index is 12.6. The van der Waals surface area contributed by atoms with Gasteiger partial charge in [0.2, 0.25) is 5.43 Å². The Bertz CT molecular complexity index is 1050. The van der Waals surface area contributed by atoms with Crippen molar-refractivity contribution in [3.05, 3.63) is 77.9 Å². The van der Waals surface area contributed by atoms with Crippen molar-refractivity contribution in [1.29, 1.82) is 0 Å². The van der Waals surface area contributed by atoms with Crippen molar-refractivity contribution in [3.63, 3.8) is 0 Å². The molecule has 2 heterocycles. The minimum Gasteiger partial charge on any atom is -0.361 e. The quantitative estimate of drug-likeness (QED) is 0.662. The van der Waals surface area contributed by atoms with Crippen molar-refractivity contribution < 1.29 is 0 Å². The molecule has 6 heteroatoms. The largest absolute Gasteiger partial charge is 0.361 e. The molecule has 3 aromatic rings. The Hall–Kier alpha value is -2.11. The van der Waals surface area contributed by atoms with E-state index in [1.54, 1.807) is 32.2 Å². The standard InChI is InChI=1S/C18H14BrClN2O2/c1-9-16(18(24)17(19)10(2)22-9)13-8-21-14(7-15(13)23)11-4-3-5-12(20)6-11/h3-8H,1-2H3,(H,21,23)(H,22,24). The first-order valence-electron chi connectivity index (χ1n) is 7.26. The number of aryl methyl sites for hydroxylation is 2. The van der Waals surface area contributed by atoms with E-state index in [0.717, 1.165) is 11.3 Å². The molecule has 4 nitrogen and oxygen atoms in total. The van der Waals surface area contributed by atoms with Crippen LogP contribution in [0.3, 0.4) is 0 Å². The lowest BCUT2D eigenvalue weighted by Crippen LogP contribution is -2.17. The first-order chi connectivity index (χ1) is 11.4. The Morgan fingerprint density at radius 3 is 2.50 bits per heavy atom. The van der Waals surface area contributed by atoms with Gasteiger partial charge in [-0.3, -0.25) is 9.59 Å². The summed E-state index contributed by atoms with van der Waals surface area (Å²) < 4.78 is 0.432. The SMILES string of the molecule is Cc1[nH]c(C)c(-c2c[nH]c(-c3cccc(Cl)c3)cc2=O)c(=O)c1Br. The first-order valence-corrected chi connectivity index (χ1v) is 8.43. The zero-order chi connectivity index (χ0) is 17.4. The lowest BCUT2D eigenvalue weighted by molar-refractivity contribution is 1.09. The Morgan fingerprint density at radius 1 is 1.08 bits per heavy atom. The zero-order valence-corrected chi connectivity index (χ0v) is 15.4. The molecule has 0 atom stereocenters. The maximum Gasteiger partial charge on any atom is 0.204 e. The third-order valence-corrected chi connectivity index (χ3v) is 5.01. The second-order valence-electron chi connectivity index (χ2n) is 5.53. The zero-order valence-electron chi connectivity index (χ0n) is 13.0. The Balaban J connectivity index is 2.18. The van der Waals surface area contributed by atoms with Crippen LogP contribution < -0.4 is 10.9 Å². The number of benzene rings is 1. The summed E-state index contributed by atoms with van der Waals surface area (Å²) >= 11 is 9.27. The number of hydrogen-bond acceptors (Lipinski definition) is 2. The first kappa shape index (κ1) is 16.7. The fourth-order valence-corrected chi connectivity index (χ4v) is 3.15. The van der Waals surface area contributed by atoms with E-state index in [2.05, 4.69) is 25.9 Å². The van der Waals surface area contributed by atoms with Crippen LogP contribution in [0.1, 0.15) is 11.4 Å².